The molecule has 1 unspecified atom stereocenters. The molecule has 2 aromatic carbocycles. The van der Waals surface area contributed by atoms with Crippen LogP contribution in [0.15, 0.2) is 30.3 Å². The first-order valence-corrected chi connectivity index (χ1v) is 11.9. The molecule has 0 spiro atoms. The summed E-state index contributed by atoms with van der Waals surface area (Å²) in [5, 5.41) is 3.34. The lowest BCUT2D eigenvalue weighted by Gasteiger charge is -2.26. The van der Waals surface area contributed by atoms with E-state index in [-0.39, 0.29) is 11.6 Å². The maximum Gasteiger partial charge on any atom is 0.413 e. The molecular weight excluding hydrogens is 492 g/mol. The number of carbonyl (C=O) groups excluding carboxylic acids is 1. The number of halogens is 3. The van der Waals surface area contributed by atoms with Crippen LogP contribution in [0.5, 0.6) is 5.75 Å². The van der Waals surface area contributed by atoms with Gasteiger partial charge in [0.1, 0.15) is 24.3 Å². The van der Waals surface area contributed by atoms with Crippen LogP contribution in [-0.4, -0.2) is 55.4 Å². The van der Waals surface area contributed by atoms with E-state index in [9.17, 15) is 9.18 Å². The standard InChI is InChI=1S/C22H22Cl2FN3O4S/c1-13(19-15(23)3-4-16(25)20(19)24)32-14-2-5-17-18(12-14)33-21(26-17)27-22(29)31-11-8-28-6-9-30-10-7-28/h2-5,12-13H,6-11H2,1H3,(H,26,27,29). The Morgan fingerprint density at radius 2 is 2.09 bits per heavy atom. The van der Waals surface area contributed by atoms with Crippen molar-refractivity contribution in [3.05, 3.63) is 51.8 Å². The number of nitrogens with zero attached hydrogens (tertiary/aromatic N) is 2. The van der Waals surface area contributed by atoms with Crippen molar-refractivity contribution in [3.8, 4) is 5.75 Å². The number of hydrogen-bond donors (Lipinski definition) is 1. The Bertz CT molecular complexity index is 1140. The molecule has 0 bridgehead atoms. The number of hydrogen-bond acceptors (Lipinski definition) is 7. The van der Waals surface area contributed by atoms with Crippen molar-refractivity contribution in [3.63, 3.8) is 0 Å². The molecule has 2 heterocycles. The van der Waals surface area contributed by atoms with E-state index < -0.39 is 18.0 Å². The second kappa shape index (κ2) is 10.8. The Morgan fingerprint density at radius 3 is 2.88 bits per heavy atom. The quantitative estimate of drug-likeness (QED) is 0.404. The van der Waals surface area contributed by atoms with Crippen LogP contribution < -0.4 is 10.1 Å². The maximum atomic E-state index is 13.8. The molecule has 33 heavy (non-hydrogen) atoms. The molecule has 1 atom stereocenters. The number of fused-ring (bicyclic) bond motifs is 1. The zero-order valence-corrected chi connectivity index (χ0v) is 20.1. The Balaban J connectivity index is 1.36. The van der Waals surface area contributed by atoms with Crippen LogP contribution >= 0.6 is 34.5 Å². The highest BCUT2D eigenvalue weighted by atomic mass is 35.5. The van der Waals surface area contributed by atoms with E-state index >= 15 is 0 Å². The summed E-state index contributed by atoms with van der Waals surface area (Å²) in [4.78, 5) is 18.7. The maximum absolute atomic E-state index is 13.8. The van der Waals surface area contributed by atoms with E-state index in [1.165, 1.54) is 23.5 Å². The Morgan fingerprint density at radius 1 is 1.30 bits per heavy atom. The van der Waals surface area contributed by atoms with Gasteiger partial charge in [-0.25, -0.2) is 14.2 Å². The highest BCUT2D eigenvalue weighted by molar-refractivity contribution is 7.22. The van der Waals surface area contributed by atoms with Gasteiger partial charge in [-0.05, 0) is 37.3 Å². The predicted octanol–water partition coefficient (Wildman–Crippen LogP) is 5.76. The van der Waals surface area contributed by atoms with Crippen LogP contribution in [0.4, 0.5) is 14.3 Å². The fourth-order valence-electron chi connectivity index (χ4n) is 3.43. The first-order chi connectivity index (χ1) is 15.9. The van der Waals surface area contributed by atoms with Crippen molar-refractivity contribution in [1.29, 1.82) is 0 Å². The van der Waals surface area contributed by atoms with Gasteiger partial charge in [-0.15, -0.1) is 0 Å². The summed E-state index contributed by atoms with van der Waals surface area (Å²) in [6.45, 7) is 5.76. The largest absolute Gasteiger partial charge is 0.486 e. The number of carbonyl (C=O) groups is 1. The van der Waals surface area contributed by atoms with Crippen molar-refractivity contribution in [2.45, 2.75) is 13.0 Å². The van der Waals surface area contributed by atoms with E-state index in [4.69, 9.17) is 37.4 Å². The third-order valence-electron chi connectivity index (χ3n) is 5.11. The van der Waals surface area contributed by atoms with Gasteiger partial charge in [0.15, 0.2) is 5.13 Å². The van der Waals surface area contributed by atoms with Crippen LogP contribution in [0.1, 0.15) is 18.6 Å². The van der Waals surface area contributed by atoms with E-state index in [1.807, 2.05) is 0 Å². The zero-order valence-electron chi connectivity index (χ0n) is 17.8. The summed E-state index contributed by atoms with van der Waals surface area (Å²) in [5.74, 6) is -0.0216. The van der Waals surface area contributed by atoms with E-state index in [0.717, 1.165) is 17.8 Å². The van der Waals surface area contributed by atoms with Crippen molar-refractivity contribution >= 4 is 56.0 Å². The SMILES string of the molecule is CC(Oc1ccc2nc(NC(=O)OCCN3CCOCC3)sc2c1)c1c(Cl)ccc(F)c1Cl. The molecule has 11 heteroatoms. The van der Waals surface area contributed by atoms with Crippen LogP contribution in [0, 0.1) is 5.82 Å². The number of amides is 1. The first kappa shape index (κ1) is 24.0. The number of rotatable bonds is 7. The molecule has 0 radical (unpaired) electrons. The summed E-state index contributed by atoms with van der Waals surface area (Å²) in [5.41, 5.74) is 1.08. The zero-order chi connectivity index (χ0) is 23.4. The van der Waals surface area contributed by atoms with Gasteiger partial charge in [-0.3, -0.25) is 10.2 Å². The smallest absolute Gasteiger partial charge is 0.413 e. The van der Waals surface area contributed by atoms with Gasteiger partial charge in [-0.2, -0.15) is 0 Å². The van der Waals surface area contributed by atoms with Gasteiger partial charge in [0.25, 0.3) is 0 Å². The van der Waals surface area contributed by atoms with Crippen LogP contribution in [0.3, 0.4) is 0 Å². The monoisotopic (exact) mass is 513 g/mol. The van der Waals surface area contributed by atoms with Crippen molar-refractivity contribution in [2.75, 3.05) is 44.8 Å². The van der Waals surface area contributed by atoms with E-state index in [1.54, 1.807) is 25.1 Å². The van der Waals surface area contributed by atoms with Crippen LogP contribution in [-0.2, 0) is 9.47 Å². The van der Waals surface area contributed by atoms with Crippen LogP contribution in [0.2, 0.25) is 10.0 Å². The lowest BCUT2D eigenvalue weighted by molar-refractivity contribution is 0.0290. The molecule has 1 amide bonds. The summed E-state index contributed by atoms with van der Waals surface area (Å²) in [6, 6.07) is 7.97. The van der Waals surface area contributed by atoms with Crippen molar-refractivity contribution in [2.24, 2.45) is 0 Å². The number of benzene rings is 2. The van der Waals surface area contributed by atoms with Gasteiger partial charge in [0, 0.05) is 30.2 Å². The highest BCUT2D eigenvalue weighted by Crippen LogP contribution is 2.36. The molecule has 0 aliphatic carbocycles. The fourth-order valence-corrected chi connectivity index (χ4v) is 4.98. The Kier molecular flexibility index (Phi) is 7.87. The van der Waals surface area contributed by atoms with Gasteiger partial charge < -0.3 is 14.2 Å². The van der Waals surface area contributed by atoms with E-state index in [2.05, 4.69) is 15.2 Å². The van der Waals surface area contributed by atoms with E-state index in [0.29, 0.717) is 46.7 Å². The average molecular weight is 514 g/mol. The normalized spacial score (nSPS) is 15.4. The predicted molar refractivity (Wildman–Crippen MR) is 127 cm³/mol. The third-order valence-corrected chi connectivity index (χ3v) is 6.76. The summed E-state index contributed by atoms with van der Waals surface area (Å²) < 4.78 is 31.1. The average Bonchev–Trinajstić information content (AvgIpc) is 3.18. The third kappa shape index (κ3) is 6.04. The summed E-state index contributed by atoms with van der Waals surface area (Å²) in [6.07, 6.45) is -1.13. The first-order valence-electron chi connectivity index (χ1n) is 10.3. The molecule has 1 aromatic heterocycles. The highest BCUT2D eigenvalue weighted by Gasteiger charge is 2.19. The Labute approximate surface area is 204 Å². The summed E-state index contributed by atoms with van der Waals surface area (Å²) in [7, 11) is 0. The van der Waals surface area contributed by atoms with Crippen molar-refractivity contribution < 1.29 is 23.4 Å². The molecule has 4 rings (SSSR count). The number of nitrogens with one attached hydrogen (secondary N) is 1. The molecule has 176 valence electrons. The minimum Gasteiger partial charge on any atom is -0.486 e. The molecular formula is C22H22Cl2FN3O4S. The molecule has 1 saturated heterocycles. The summed E-state index contributed by atoms with van der Waals surface area (Å²) >= 11 is 13.6. The molecule has 1 fully saturated rings. The van der Waals surface area contributed by atoms with Gasteiger partial charge in [-0.1, -0.05) is 34.5 Å². The minimum absolute atomic E-state index is 0.0625. The second-order valence-corrected chi connectivity index (χ2v) is 9.20. The Hall–Kier alpha value is -2.17. The number of anilines is 1. The molecule has 3 aromatic rings. The van der Waals surface area contributed by atoms with Gasteiger partial charge in [0.2, 0.25) is 0 Å². The van der Waals surface area contributed by atoms with Gasteiger partial charge in [0.05, 0.1) is 28.5 Å². The second-order valence-electron chi connectivity index (χ2n) is 7.38. The lowest BCUT2D eigenvalue weighted by Crippen LogP contribution is -2.38. The van der Waals surface area contributed by atoms with Crippen LogP contribution in [0.25, 0.3) is 10.2 Å². The fraction of sp³-hybridized carbons (Fsp3) is 0.364. The number of thiazole rings is 1. The van der Waals surface area contributed by atoms with Crippen molar-refractivity contribution in [1.82, 2.24) is 9.88 Å². The lowest BCUT2D eigenvalue weighted by atomic mass is 10.1. The molecule has 1 aliphatic heterocycles. The molecule has 7 nitrogen and oxygen atoms in total. The van der Waals surface area contributed by atoms with Gasteiger partial charge >= 0.3 is 6.09 Å². The molecule has 1 N–H and O–H groups in total. The number of ether oxygens (including phenoxy) is 3. The number of morpholine rings is 1. The minimum atomic E-state index is -0.579. The molecule has 1 aliphatic rings. The number of aromatic nitrogens is 1. The molecule has 0 saturated carbocycles. The topological polar surface area (TPSA) is 72.9 Å².